The maximum Gasteiger partial charge on any atom is 0.519 e. The molecule has 4 rings (SSSR count). The molecule has 0 saturated carbocycles. The SMILES string of the molecule is O=C(Oc1c(Cl)cccc1-c1ccccc1)Oc1c(Cl)cccc1-c1ccccc1. The zero-order valence-electron chi connectivity index (χ0n) is 15.7. The molecule has 0 aromatic heterocycles. The summed E-state index contributed by atoms with van der Waals surface area (Å²) in [5, 5.41) is 0.603. The average molecular weight is 435 g/mol. The predicted molar refractivity (Wildman–Crippen MR) is 120 cm³/mol. The van der Waals surface area contributed by atoms with Crippen LogP contribution in [0.15, 0.2) is 97.1 Å². The molecule has 0 spiro atoms. The first-order chi connectivity index (χ1) is 14.6. The summed E-state index contributed by atoms with van der Waals surface area (Å²) in [5.74, 6) is 0.451. The highest BCUT2D eigenvalue weighted by atomic mass is 35.5. The first-order valence-corrected chi connectivity index (χ1v) is 9.96. The molecule has 0 radical (unpaired) electrons. The average Bonchev–Trinajstić information content (AvgIpc) is 2.78. The summed E-state index contributed by atoms with van der Waals surface area (Å²) in [6, 6.07) is 29.6. The molecule has 0 N–H and O–H groups in total. The lowest BCUT2D eigenvalue weighted by Gasteiger charge is -2.14. The van der Waals surface area contributed by atoms with E-state index in [4.69, 9.17) is 32.7 Å². The third kappa shape index (κ3) is 4.33. The molecule has 148 valence electrons. The van der Waals surface area contributed by atoms with Gasteiger partial charge in [-0.05, 0) is 23.3 Å². The van der Waals surface area contributed by atoms with E-state index in [1.807, 2.05) is 72.8 Å². The van der Waals surface area contributed by atoms with Crippen LogP contribution in [0.4, 0.5) is 4.79 Å². The molecule has 4 aromatic rings. The number of hydrogen-bond acceptors (Lipinski definition) is 3. The van der Waals surface area contributed by atoms with Crippen LogP contribution < -0.4 is 9.47 Å². The first-order valence-electron chi connectivity index (χ1n) is 9.21. The number of carbonyl (C=O) groups excluding carboxylic acids is 1. The maximum absolute atomic E-state index is 12.7. The van der Waals surface area contributed by atoms with Gasteiger partial charge in [0.05, 0.1) is 10.0 Å². The van der Waals surface area contributed by atoms with Gasteiger partial charge in [0, 0.05) is 11.1 Å². The van der Waals surface area contributed by atoms with Crippen LogP contribution in [-0.2, 0) is 0 Å². The van der Waals surface area contributed by atoms with Gasteiger partial charge in [0.1, 0.15) is 0 Å². The third-order valence-electron chi connectivity index (χ3n) is 4.47. The second kappa shape index (κ2) is 9.04. The molecule has 0 amide bonds. The minimum Gasteiger partial charge on any atom is -0.392 e. The van der Waals surface area contributed by atoms with Gasteiger partial charge in [-0.3, -0.25) is 0 Å². The van der Waals surface area contributed by atoms with Crippen molar-refractivity contribution in [1.82, 2.24) is 0 Å². The summed E-state index contributed by atoms with van der Waals surface area (Å²) in [7, 11) is 0. The van der Waals surface area contributed by atoms with Crippen molar-refractivity contribution in [3.05, 3.63) is 107 Å². The molecule has 0 fully saturated rings. The van der Waals surface area contributed by atoms with Crippen LogP contribution >= 0.6 is 23.2 Å². The molecule has 0 atom stereocenters. The summed E-state index contributed by atoms with van der Waals surface area (Å²) < 4.78 is 11.1. The molecule has 0 aliphatic carbocycles. The van der Waals surface area contributed by atoms with Crippen LogP contribution in [0.3, 0.4) is 0 Å². The van der Waals surface area contributed by atoms with Gasteiger partial charge in [-0.15, -0.1) is 0 Å². The number of ether oxygens (including phenoxy) is 2. The summed E-state index contributed by atoms with van der Waals surface area (Å²) in [6.07, 6.45) is -0.925. The Balaban J connectivity index is 1.65. The Labute approximate surface area is 184 Å². The summed E-state index contributed by atoms with van der Waals surface area (Å²) in [6.45, 7) is 0. The zero-order valence-corrected chi connectivity index (χ0v) is 17.2. The predicted octanol–water partition coefficient (Wildman–Crippen LogP) is 7.91. The van der Waals surface area contributed by atoms with Gasteiger partial charge < -0.3 is 9.47 Å². The first kappa shape index (κ1) is 20.0. The van der Waals surface area contributed by atoms with E-state index in [1.165, 1.54) is 0 Å². The molecule has 0 saturated heterocycles. The Morgan fingerprint density at radius 2 is 0.933 bits per heavy atom. The Hall–Kier alpha value is -3.27. The second-order valence-electron chi connectivity index (χ2n) is 6.42. The molecule has 5 heteroatoms. The Bertz CT molecular complexity index is 1080. The lowest BCUT2D eigenvalue weighted by atomic mass is 10.0. The van der Waals surface area contributed by atoms with Gasteiger partial charge in [0.2, 0.25) is 0 Å². The zero-order chi connectivity index (χ0) is 20.9. The van der Waals surface area contributed by atoms with Crippen LogP contribution in [0.25, 0.3) is 22.3 Å². The van der Waals surface area contributed by atoms with Crippen LogP contribution in [0.1, 0.15) is 0 Å². The molecule has 3 nitrogen and oxygen atoms in total. The standard InChI is InChI=1S/C25H16Cl2O3/c26-21-15-7-13-19(17-9-3-1-4-10-17)23(21)29-25(28)30-24-20(14-8-16-22(24)27)18-11-5-2-6-12-18/h1-16H. The topological polar surface area (TPSA) is 35.5 Å². The van der Waals surface area contributed by atoms with Crippen LogP contribution in [0.2, 0.25) is 10.0 Å². The highest BCUT2D eigenvalue weighted by Crippen LogP contribution is 2.39. The normalized spacial score (nSPS) is 10.5. The van der Waals surface area contributed by atoms with Crippen molar-refractivity contribution in [2.24, 2.45) is 0 Å². The summed E-state index contributed by atoms with van der Waals surface area (Å²) >= 11 is 12.7. The molecular weight excluding hydrogens is 419 g/mol. The highest BCUT2D eigenvalue weighted by Gasteiger charge is 2.19. The Kier molecular flexibility index (Phi) is 6.03. The largest absolute Gasteiger partial charge is 0.519 e. The van der Waals surface area contributed by atoms with E-state index in [9.17, 15) is 4.79 Å². The maximum atomic E-state index is 12.7. The number of benzene rings is 4. The molecule has 0 aliphatic heterocycles. The molecule has 0 bridgehead atoms. The molecule has 0 heterocycles. The minimum absolute atomic E-state index is 0.226. The van der Waals surface area contributed by atoms with Crippen molar-refractivity contribution in [3.63, 3.8) is 0 Å². The molecule has 4 aromatic carbocycles. The van der Waals surface area contributed by atoms with Crippen molar-refractivity contribution in [1.29, 1.82) is 0 Å². The summed E-state index contributed by atoms with van der Waals surface area (Å²) in [5.41, 5.74) is 3.10. The number of halogens is 2. The van der Waals surface area contributed by atoms with E-state index in [0.717, 1.165) is 11.1 Å². The highest BCUT2D eigenvalue weighted by molar-refractivity contribution is 6.33. The van der Waals surface area contributed by atoms with Crippen molar-refractivity contribution in [2.45, 2.75) is 0 Å². The third-order valence-corrected chi connectivity index (χ3v) is 5.07. The van der Waals surface area contributed by atoms with Gasteiger partial charge in [0.15, 0.2) is 11.5 Å². The van der Waals surface area contributed by atoms with Gasteiger partial charge in [0.25, 0.3) is 0 Å². The van der Waals surface area contributed by atoms with E-state index < -0.39 is 6.16 Å². The van der Waals surface area contributed by atoms with Gasteiger partial charge in [-0.2, -0.15) is 0 Å². The molecule has 30 heavy (non-hydrogen) atoms. The number of para-hydroxylation sites is 2. The fourth-order valence-corrected chi connectivity index (χ4v) is 3.53. The fourth-order valence-electron chi connectivity index (χ4n) is 3.10. The lowest BCUT2D eigenvalue weighted by Crippen LogP contribution is -2.15. The van der Waals surface area contributed by atoms with Crippen LogP contribution in [-0.4, -0.2) is 6.16 Å². The van der Waals surface area contributed by atoms with Crippen LogP contribution in [0, 0.1) is 0 Å². The van der Waals surface area contributed by atoms with Gasteiger partial charge in [-0.1, -0.05) is 108 Å². The minimum atomic E-state index is -0.925. The number of carbonyl (C=O) groups is 1. The summed E-state index contributed by atoms with van der Waals surface area (Å²) in [4.78, 5) is 12.7. The van der Waals surface area contributed by atoms with E-state index in [-0.39, 0.29) is 11.5 Å². The molecule has 0 unspecified atom stereocenters. The smallest absolute Gasteiger partial charge is 0.392 e. The van der Waals surface area contributed by atoms with Crippen molar-refractivity contribution >= 4 is 29.4 Å². The van der Waals surface area contributed by atoms with E-state index in [2.05, 4.69) is 0 Å². The van der Waals surface area contributed by atoms with E-state index >= 15 is 0 Å². The fraction of sp³-hybridized carbons (Fsp3) is 0. The van der Waals surface area contributed by atoms with Gasteiger partial charge in [-0.25, -0.2) is 4.79 Å². The molecule has 0 aliphatic rings. The van der Waals surface area contributed by atoms with Gasteiger partial charge >= 0.3 is 6.16 Å². The Morgan fingerprint density at radius 1 is 0.533 bits per heavy atom. The van der Waals surface area contributed by atoms with Crippen molar-refractivity contribution in [2.75, 3.05) is 0 Å². The van der Waals surface area contributed by atoms with Crippen molar-refractivity contribution in [3.8, 4) is 33.8 Å². The number of rotatable bonds is 4. The second-order valence-corrected chi connectivity index (χ2v) is 7.23. The van der Waals surface area contributed by atoms with E-state index in [1.54, 1.807) is 24.3 Å². The van der Waals surface area contributed by atoms with Crippen molar-refractivity contribution < 1.29 is 14.3 Å². The number of hydrogen-bond donors (Lipinski definition) is 0. The molecular formula is C25H16Cl2O3. The lowest BCUT2D eigenvalue weighted by molar-refractivity contribution is 0.152. The van der Waals surface area contributed by atoms with Crippen LogP contribution in [0.5, 0.6) is 11.5 Å². The van der Waals surface area contributed by atoms with E-state index in [0.29, 0.717) is 21.2 Å². The monoisotopic (exact) mass is 434 g/mol. The quantitative estimate of drug-likeness (QED) is 0.241. The Morgan fingerprint density at radius 3 is 1.33 bits per heavy atom.